The molecular weight excluding hydrogens is 320 g/mol. The lowest BCUT2D eigenvalue weighted by Gasteiger charge is -2.29. The van der Waals surface area contributed by atoms with Crippen LogP contribution in [0.25, 0.3) is 0 Å². The van der Waals surface area contributed by atoms with Gasteiger partial charge in [0.1, 0.15) is 6.04 Å². The third-order valence-electron chi connectivity index (χ3n) is 4.51. The van der Waals surface area contributed by atoms with Crippen LogP contribution >= 0.6 is 0 Å². The highest BCUT2D eigenvalue weighted by atomic mass is 16.2. The number of imide groups is 1. The summed E-state index contributed by atoms with van der Waals surface area (Å²) in [4.78, 5) is 38.5. The molecule has 0 aliphatic carbocycles. The third kappa shape index (κ3) is 3.05. The fraction of sp³-hybridized carbons (Fsp3) is 0.500. The van der Waals surface area contributed by atoms with Gasteiger partial charge in [0.2, 0.25) is 11.8 Å². The predicted octanol–water partition coefficient (Wildman–Crippen LogP) is -0.147. The van der Waals surface area contributed by atoms with Crippen molar-refractivity contribution in [2.45, 2.75) is 32.0 Å². The van der Waals surface area contributed by atoms with Gasteiger partial charge in [-0.2, -0.15) is 0 Å². The van der Waals surface area contributed by atoms with Crippen LogP contribution in [0, 0.1) is 0 Å². The molecule has 0 spiro atoms. The van der Waals surface area contributed by atoms with Gasteiger partial charge in [-0.15, -0.1) is 0 Å². The SMILES string of the molecule is [2H]C1([2H])NC([2H])([2H])C([2H])([2H])N(Cc2cccc3c2CN(C2CCC(=O)NC2=O)C3=O)C1([2H])[2H]. The first-order valence-electron chi connectivity index (χ1n) is 11.9. The van der Waals surface area contributed by atoms with Gasteiger partial charge in [-0.3, -0.25) is 24.6 Å². The number of carbonyl (C=O) groups is 3. The average Bonchev–Trinajstić information content (AvgIpc) is 3.01. The average molecular weight is 350 g/mol. The number of nitrogens with one attached hydrogen (secondary N) is 2. The summed E-state index contributed by atoms with van der Waals surface area (Å²) in [6.45, 7) is -12.3. The van der Waals surface area contributed by atoms with Gasteiger partial charge in [0.25, 0.3) is 5.91 Å². The lowest BCUT2D eigenvalue weighted by atomic mass is 10.0. The van der Waals surface area contributed by atoms with Crippen LogP contribution in [0.1, 0.15) is 45.3 Å². The molecule has 0 saturated carbocycles. The van der Waals surface area contributed by atoms with Crippen molar-refractivity contribution in [3.8, 4) is 0 Å². The maximum atomic E-state index is 13.0. The summed E-state index contributed by atoms with van der Waals surface area (Å²) < 4.78 is 64.7. The van der Waals surface area contributed by atoms with Crippen molar-refractivity contribution in [1.29, 1.82) is 0 Å². The number of hydrogen-bond donors (Lipinski definition) is 2. The molecule has 0 radical (unpaired) electrons. The molecule has 25 heavy (non-hydrogen) atoms. The number of amides is 3. The van der Waals surface area contributed by atoms with E-state index in [2.05, 4.69) is 5.32 Å². The third-order valence-corrected chi connectivity index (χ3v) is 4.51. The molecule has 7 nitrogen and oxygen atoms in total. The van der Waals surface area contributed by atoms with Crippen molar-refractivity contribution in [2.24, 2.45) is 0 Å². The van der Waals surface area contributed by atoms with E-state index in [0.29, 0.717) is 16.0 Å². The van der Waals surface area contributed by atoms with E-state index < -0.39 is 56.3 Å². The monoisotopic (exact) mass is 350 g/mol. The highest BCUT2D eigenvalue weighted by Gasteiger charge is 2.39. The minimum atomic E-state index is -2.95. The van der Waals surface area contributed by atoms with E-state index in [4.69, 9.17) is 11.0 Å². The van der Waals surface area contributed by atoms with Gasteiger partial charge in [0.15, 0.2) is 0 Å². The van der Waals surface area contributed by atoms with E-state index in [1.54, 1.807) is 5.32 Å². The molecule has 2 N–H and O–H groups in total. The van der Waals surface area contributed by atoms with Crippen LogP contribution in [-0.2, 0) is 22.7 Å². The second kappa shape index (κ2) is 6.57. The summed E-state index contributed by atoms with van der Waals surface area (Å²) in [5.74, 6) is -1.48. The highest BCUT2D eigenvalue weighted by Crippen LogP contribution is 2.30. The Morgan fingerprint density at radius 1 is 1.20 bits per heavy atom. The Hall–Kier alpha value is -2.25. The van der Waals surface area contributed by atoms with Crippen LogP contribution in [0.3, 0.4) is 0 Å². The number of nitrogens with zero attached hydrogens (tertiary/aromatic N) is 2. The number of benzene rings is 1. The molecule has 132 valence electrons. The molecular formula is C18H22N4O3. The van der Waals surface area contributed by atoms with E-state index in [1.165, 1.54) is 23.1 Å². The molecule has 2 saturated heterocycles. The maximum absolute atomic E-state index is 13.0. The topological polar surface area (TPSA) is 81.8 Å². The lowest BCUT2D eigenvalue weighted by Crippen LogP contribution is -2.52. The number of piperazine rings is 1. The van der Waals surface area contributed by atoms with Crippen molar-refractivity contribution in [2.75, 3.05) is 26.0 Å². The molecule has 2 fully saturated rings. The maximum Gasteiger partial charge on any atom is 0.255 e. The first kappa shape index (κ1) is 9.45. The van der Waals surface area contributed by atoms with Crippen LogP contribution in [0.4, 0.5) is 0 Å². The first-order chi connectivity index (χ1) is 15.1. The Kier molecular flexibility index (Phi) is 2.48. The van der Waals surface area contributed by atoms with Crippen LogP contribution in [-0.4, -0.2) is 59.6 Å². The Balaban J connectivity index is 1.69. The Labute approximate surface area is 157 Å². The zero-order valence-corrected chi connectivity index (χ0v) is 13.3. The Morgan fingerprint density at radius 3 is 2.76 bits per heavy atom. The zero-order chi connectivity index (χ0) is 24.6. The smallest absolute Gasteiger partial charge is 0.255 e. The summed E-state index contributed by atoms with van der Waals surface area (Å²) in [6, 6.07) is 3.69. The quantitative estimate of drug-likeness (QED) is 0.741. The van der Waals surface area contributed by atoms with Crippen molar-refractivity contribution in [3.63, 3.8) is 0 Å². The standard InChI is InChI=1S/C18H22N4O3/c23-16-5-4-15(17(24)20-16)22-11-14-12(2-1-3-13(14)18(22)25)10-21-8-6-19-7-9-21/h1-3,15,19H,4-11H2,(H,20,23,24)/i6D2,7D2,8D2,9D2. The summed E-state index contributed by atoms with van der Waals surface area (Å²) in [7, 11) is 0. The molecule has 1 atom stereocenters. The van der Waals surface area contributed by atoms with Gasteiger partial charge < -0.3 is 10.2 Å². The number of fused-ring (bicyclic) bond motifs is 1. The first-order valence-corrected chi connectivity index (χ1v) is 7.93. The number of piperidine rings is 1. The lowest BCUT2D eigenvalue weighted by molar-refractivity contribution is -0.136. The molecule has 1 aromatic carbocycles. The van der Waals surface area contributed by atoms with Gasteiger partial charge in [-0.25, -0.2) is 0 Å². The van der Waals surface area contributed by atoms with Crippen LogP contribution in [0.5, 0.6) is 0 Å². The minimum Gasteiger partial charge on any atom is -0.322 e. The molecule has 7 heteroatoms. The van der Waals surface area contributed by atoms with Gasteiger partial charge in [-0.1, -0.05) is 12.1 Å². The zero-order valence-electron chi connectivity index (χ0n) is 21.3. The molecule has 3 aliphatic heterocycles. The molecule has 4 rings (SSSR count). The fourth-order valence-corrected chi connectivity index (χ4v) is 3.30. The van der Waals surface area contributed by atoms with Crippen molar-refractivity contribution < 1.29 is 25.3 Å². The number of hydrogen-bond acceptors (Lipinski definition) is 5. The Bertz CT molecular complexity index is 1020. The molecule has 1 unspecified atom stereocenters. The summed E-state index contributed by atoms with van der Waals surface area (Å²) in [6.07, 6.45) is 0.234. The second-order valence-electron chi connectivity index (χ2n) is 6.03. The predicted molar refractivity (Wildman–Crippen MR) is 90.6 cm³/mol. The summed E-state index contributed by atoms with van der Waals surface area (Å²) in [5, 5.41) is 3.99. The van der Waals surface area contributed by atoms with Crippen LogP contribution < -0.4 is 10.6 Å². The molecule has 1 aromatic rings. The number of rotatable bonds is 3. The largest absolute Gasteiger partial charge is 0.322 e. The van der Waals surface area contributed by atoms with Crippen molar-refractivity contribution in [1.82, 2.24) is 20.4 Å². The van der Waals surface area contributed by atoms with Crippen molar-refractivity contribution in [3.05, 3.63) is 34.9 Å². The van der Waals surface area contributed by atoms with Gasteiger partial charge in [0.05, 0.1) is 0 Å². The second-order valence-corrected chi connectivity index (χ2v) is 6.03. The molecule has 0 bridgehead atoms. The van der Waals surface area contributed by atoms with Crippen molar-refractivity contribution >= 4 is 17.7 Å². The highest BCUT2D eigenvalue weighted by molar-refractivity contribution is 6.05. The van der Waals surface area contributed by atoms with Crippen LogP contribution in [0.2, 0.25) is 0 Å². The molecule has 0 aromatic heterocycles. The number of carbonyl (C=O) groups excluding carboxylic acids is 3. The van der Waals surface area contributed by atoms with E-state index in [-0.39, 0.29) is 24.9 Å². The molecule has 3 heterocycles. The van der Waals surface area contributed by atoms with E-state index >= 15 is 0 Å². The summed E-state index contributed by atoms with van der Waals surface area (Å²) in [5.41, 5.74) is 0.954. The minimum absolute atomic E-state index is 0.0332. The Morgan fingerprint density at radius 2 is 2.00 bits per heavy atom. The van der Waals surface area contributed by atoms with E-state index in [0.717, 1.165) is 0 Å². The normalized spacial score (nSPS) is 37.2. The summed E-state index contributed by atoms with van der Waals surface area (Å²) >= 11 is 0. The fourth-order valence-electron chi connectivity index (χ4n) is 3.30. The van der Waals surface area contributed by atoms with Gasteiger partial charge >= 0.3 is 0 Å². The van der Waals surface area contributed by atoms with E-state index in [1.807, 2.05) is 0 Å². The van der Waals surface area contributed by atoms with Gasteiger partial charge in [-0.05, 0) is 23.6 Å². The van der Waals surface area contributed by atoms with Crippen LogP contribution in [0.15, 0.2) is 18.2 Å². The van der Waals surface area contributed by atoms with Gasteiger partial charge in [0, 0.05) is 62.0 Å². The molecule has 3 amide bonds. The molecule has 3 aliphatic rings. The van der Waals surface area contributed by atoms with E-state index in [9.17, 15) is 14.4 Å².